The summed E-state index contributed by atoms with van der Waals surface area (Å²) in [5, 5.41) is 2.15. The van der Waals surface area contributed by atoms with E-state index in [0.717, 1.165) is 33.5 Å². The van der Waals surface area contributed by atoms with Gasteiger partial charge in [-0.25, -0.2) is 0 Å². The molecule has 3 nitrogen and oxygen atoms in total. The van der Waals surface area contributed by atoms with E-state index in [9.17, 15) is 4.79 Å². The van der Waals surface area contributed by atoms with E-state index in [4.69, 9.17) is 4.42 Å². The molecule has 0 saturated carbocycles. The minimum Gasteiger partial charge on any atom is -0.464 e. The highest BCUT2D eigenvalue weighted by Crippen LogP contribution is 2.37. The lowest BCUT2D eigenvalue weighted by atomic mass is 10.1. The fraction of sp³-hybridized carbons (Fsp3) is 0.118. The second kappa shape index (κ2) is 3.97. The Kier molecular flexibility index (Phi) is 2.24. The Morgan fingerprint density at radius 3 is 2.60 bits per heavy atom. The lowest BCUT2D eigenvalue weighted by molar-refractivity contribution is 0.0989. The number of rotatable bonds is 2. The van der Waals surface area contributed by atoms with Crippen LogP contribution in [0.4, 0.5) is 5.69 Å². The van der Waals surface area contributed by atoms with Crippen LogP contribution in [-0.2, 0) is 6.54 Å². The van der Waals surface area contributed by atoms with Gasteiger partial charge >= 0.3 is 0 Å². The van der Waals surface area contributed by atoms with Crippen LogP contribution < -0.4 is 4.90 Å². The number of anilines is 1. The highest BCUT2D eigenvalue weighted by atomic mass is 16.3. The average Bonchev–Trinajstić information content (AvgIpc) is 2.98. The molecule has 0 aliphatic carbocycles. The second-order valence-electron chi connectivity index (χ2n) is 5.08. The average molecular weight is 263 g/mol. The van der Waals surface area contributed by atoms with Crippen molar-refractivity contribution >= 4 is 22.4 Å². The van der Waals surface area contributed by atoms with Gasteiger partial charge in [0.2, 0.25) is 0 Å². The van der Waals surface area contributed by atoms with Gasteiger partial charge in [0.05, 0.1) is 12.2 Å². The number of aryl methyl sites for hydroxylation is 1. The van der Waals surface area contributed by atoms with Crippen LogP contribution in [0.15, 0.2) is 52.9 Å². The molecule has 0 unspecified atom stereocenters. The molecule has 1 aromatic heterocycles. The van der Waals surface area contributed by atoms with Gasteiger partial charge in [-0.15, -0.1) is 0 Å². The highest BCUT2D eigenvalue weighted by molar-refractivity contribution is 6.24. The predicted octanol–water partition coefficient (Wildman–Crippen LogP) is 3.90. The number of carbonyl (C=O) groups excluding carboxylic acids is 1. The normalized spacial score (nSPS) is 13.4. The Morgan fingerprint density at radius 2 is 1.85 bits per heavy atom. The van der Waals surface area contributed by atoms with Gasteiger partial charge in [0.25, 0.3) is 5.91 Å². The fourth-order valence-corrected chi connectivity index (χ4v) is 2.86. The molecule has 0 spiro atoms. The van der Waals surface area contributed by atoms with Crippen molar-refractivity contribution in [3.8, 4) is 0 Å². The summed E-state index contributed by atoms with van der Waals surface area (Å²) in [6.45, 7) is 2.38. The first kappa shape index (κ1) is 11.3. The molecule has 1 aliphatic heterocycles. The zero-order valence-corrected chi connectivity index (χ0v) is 11.1. The van der Waals surface area contributed by atoms with Gasteiger partial charge in [0.1, 0.15) is 11.5 Å². The summed E-state index contributed by atoms with van der Waals surface area (Å²) in [7, 11) is 0. The van der Waals surface area contributed by atoms with Crippen LogP contribution in [0.25, 0.3) is 10.8 Å². The number of carbonyl (C=O) groups is 1. The van der Waals surface area contributed by atoms with Crippen molar-refractivity contribution in [3.63, 3.8) is 0 Å². The van der Waals surface area contributed by atoms with Crippen LogP contribution in [0, 0.1) is 6.92 Å². The molecule has 98 valence electrons. The highest BCUT2D eigenvalue weighted by Gasteiger charge is 2.29. The Hall–Kier alpha value is -2.55. The van der Waals surface area contributed by atoms with E-state index >= 15 is 0 Å². The monoisotopic (exact) mass is 263 g/mol. The summed E-state index contributed by atoms with van der Waals surface area (Å²) in [5.74, 6) is 1.72. The maximum absolute atomic E-state index is 12.6. The molecule has 0 radical (unpaired) electrons. The molecule has 1 aliphatic rings. The number of furan rings is 1. The number of benzene rings is 2. The molecule has 2 heterocycles. The lowest BCUT2D eigenvalue weighted by Crippen LogP contribution is -2.25. The minimum absolute atomic E-state index is 0.0471. The predicted molar refractivity (Wildman–Crippen MR) is 77.9 cm³/mol. The summed E-state index contributed by atoms with van der Waals surface area (Å²) in [4.78, 5) is 14.4. The quantitative estimate of drug-likeness (QED) is 0.702. The molecule has 2 aromatic carbocycles. The minimum atomic E-state index is 0.0471. The molecule has 4 rings (SSSR count). The molecule has 0 saturated heterocycles. The third-order valence-corrected chi connectivity index (χ3v) is 3.76. The Morgan fingerprint density at radius 1 is 1.05 bits per heavy atom. The molecular formula is C17H13NO2. The molecule has 0 bridgehead atoms. The van der Waals surface area contributed by atoms with Crippen LogP contribution >= 0.6 is 0 Å². The standard InChI is InChI=1S/C17H13NO2/c1-11-8-9-13(20-11)10-18-15-7-3-5-12-4-2-6-14(16(12)15)17(18)19/h2-9H,10H2,1H3. The largest absolute Gasteiger partial charge is 0.464 e. The van der Waals surface area contributed by atoms with Crippen LogP contribution in [0.1, 0.15) is 21.9 Å². The number of amides is 1. The van der Waals surface area contributed by atoms with E-state index in [1.807, 2.05) is 55.5 Å². The van der Waals surface area contributed by atoms with Crippen LogP contribution in [-0.4, -0.2) is 5.91 Å². The van der Waals surface area contributed by atoms with E-state index in [-0.39, 0.29) is 5.91 Å². The van der Waals surface area contributed by atoms with Crippen molar-refractivity contribution in [1.29, 1.82) is 0 Å². The van der Waals surface area contributed by atoms with E-state index in [1.54, 1.807) is 4.90 Å². The summed E-state index contributed by atoms with van der Waals surface area (Å²) >= 11 is 0. The van der Waals surface area contributed by atoms with E-state index in [2.05, 4.69) is 0 Å². The Labute approximate surface area is 116 Å². The summed E-state index contributed by atoms with van der Waals surface area (Å²) in [5.41, 5.74) is 1.75. The zero-order valence-electron chi connectivity index (χ0n) is 11.1. The van der Waals surface area contributed by atoms with Crippen molar-refractivity contribution in [2.45, 2.75) is 13.5 Å². The first-order valence-electron chi connectivity index (χ1n) is 6.63. The van der Waals surface area contributed by atoms with Gasteiger partial charge in [0, 0.05) is 10.9 Å². The van der Waals surface area contributed by atoms with E-state index in [0.29, 0.717) is 6.54 Å². The molecule has 0 atom stereocenters. The SMILES string of the molecule is Cc1ccc(CN2C(=O)c3cccc4cccc2c34)o1. The first-order valence-corrected chi connectivity index (χ1v) is 6.63. The molecule has 20 heavy (non-hydrogen) atoms. The molecule has 3 aromatic rings. The smallest absolute Gasteiger partial charge is 0.259 e. The van der Waals surface area contributed by atoms with Crippen LogP contribution in [0.3, 0.4) is 0 Å². The van der Waals surface area contributed by atoms with Crippen LogP contribution in [0.2, 0.25) is 0 Å². The maximum atomic E-state index is 12.6. The van der Waals surface area contributed by atoms with Crippen molar-refractivity contribution in [1.82, 2.24) is 0 Å². The topological polar surface area (TPSA) is 33.5 Å². The van der Waals surface area contributed by atoms with Crippen molar-refractivity contribution in [3.05, 3.63) is 65.6 Å². The van der Waals surface area contributed by atoms with Gasteiger partial charge in [-0.3, -0.25) is 4.79 Å². The number of hydrogen-bond acceptors (Lipinski definition) is 2. The zero-order chi connectivity index (χ0) is 13.7. The lowest BCUT2D eigenvalue weighted by Gasteiger charge is -2.16. The summed E-state index contributed by atoms with van der Waals surface area (Å²) in [6.07, 6.45) is 0. The van der Waals surface area contributed by atoms with Gasteiger partial charge in [-0.05, 0) is 36.6 Å². The summed E-state index contributed by atoms with van der Waals surface area (Å²) in [6, 6.07) is 15.7. The molecule has 3 heteroatoms. The second-order valence-corrected chi connectivity index (χ2v) is 5.08. The third kappa shape index (κ3) is 1.50. The third-order valence-electron chi connectivity index (χ3n) is 3.76. The first-order chi connectivity index (χ1) is 9.74. The van der Waals surface area contributed by atoms with Crippen molar-refractivity contribution in [2.24, 2.45) is 0 Å². The van der Waals surface area contributed by atoms with Crippen molar-refractivity contribution < 1.29 is 9.21 Å². The Balaban J connectivity index is 1.84. The van der Waals surface area contributed by atoms with Gasteiger partial charge < -0.3 is 9.32 Å². The van der Waals surface area contributed by atoms with E-state index < -0.39 is 0 Å². The molecule has 1 amide bonds. The maximum Gasteiger partial charge on any atom is 0.259 e. The van der Waals surface area contributed by atoms with Gasteiger partial charge in [-0.1, -0.05) is 24.3 Å². The fourth-order valence-electron chi connectivity index (χ4n) is 2.86. The van der Waals surface area contributed by atoms with Crippen LogP contribution in [0.5, 0.6) is 0 Å². The van der Waals surface area contributed by atoms with Gasteiger partial charge in [0.15, 0.2) is 0 Å². The molecular weight excluding hydrogens is 250 g/mol. The van der Waals surface area contributed by atoms with E-state index in [1.165, 1.54) is 0 Å². The molecule has 0 N–H and O–H groups in total. The molecule has 0 fully saturated rings. The number of hydrogen-bond donors (Lipinski definition) is 0. The Bertz CT molecular complexity index is 827. The van der Waals surface area contributed by atoms with Gasteiger partial charge in [-0.2, -0.15) is 0 Å². The summed E-state index contributed by atoms with van der Waals surface area (Å²) < 4.78 is 5.59. The van der Waals surface area contributed by atoms with Crippen molar-refractivity contribution in [2.75, 3.05) is 4.90 Å². The number of nitrogens with zero attached hydrogens (tertiary/aromatic N) is 1.